The molecule has 1 amide bonds. The summed E-state index contributed by atoms with van der Waals surface area (Å²) in [5.41, 5.74) is 3.52. The molecule has 9 heteroatoms. The highest BCUT2D eigenvalue weighted by Gasteiger charge is 2.24. The first kappa shape index (κ1) is 25.1. The van der Waals surface area contributed by atoms with Crippen LogP contribution in [0, 0.1) is 6.92 Å². The number of carbonyl (C=O) groups is 1. The Balaban J connectivity index is 1.68. The number of halogens is 2. The number of hydrogen-bond acceptors (Lipinski definition) is 5. The molecule has 1 heterocycles. The zero-order valence-corrected chi connectivity index (χ0v) is 21.8. The molecular weight excluding hydrogens is 503 g/mol. The summed E-state index contributed by atoms with van der Waals surface area (Å²) in [7, 11) is 1.53. The maximum Gasteiger partial charge on any atom is 0.255 e. The van der Waals surface area contributed by atoms with Crippen LogP contribution in [0.2, 0.25) is 10.0 Å². The van der Waals surface area contributed by atoms with E-state index < -0.39 is 6.04 Å². The summed E-state index contributed by atoms with van der Waals surface area (Å²) >= 11 is 14.3. The molecule has 4 rings (SSSR count). The Labute approximate surface area is 218 Å². The SMILES string of the molecule is COc1ccccc1C(=O)NC(C)c1nnc(SCc2ccccc2C)n1-c1ccc(Cl)cc1Cl. The van der Waals surface area contributed by atoms with Gasteiger partial charge in [-0.2, -0.15) is 0 Å². The van der Waals surface area contributed by atoms with E-state index in [1.165, 1.54) is 18.2 Å². The van der Waals surface area contributed by atoms with Crippen molar-refractivity contribution in [2.45, 2.75) is 30.8 Å². The van der Waals surface area contributed by atoms with E-state index in [1.54, 1.807) is 42.1 Å². The molecular formula is C26H24Cl2N4O2S. The second-order valence-corrected chi connectivity index (χ2v) is 9.67. The molecule has 3 aromatic carbocycles. The van der Waals surface area contributed by atoms with E-state index in [4.69, 9.17) is 27.9 Å². The van der Waals surface area contributed by atoms with Gasteiger partial charge in [-0.1, -0.05) is 71.4 Å². The Morgan fingerprint density at radius 3 is 2.57 bits per heavy atom. The van der Waals surface area contributed by atoms with Crippen molar-refractivity contribution in [2.75, 3.05) is 7.11 Å². The molecule has 0 aliphatic rings. The van der Waals surface area contributed by atoms with Crippen LogP contribution in [-0.2, 0) is 5.75 Å². The first-order valence-electron chi connectivity index (χ1n) is 10.9. The van der Waals surface area contributed by atoms with Crippen molar-refractivity contribution in [1.82, 2.24) is 20.1 Å². The van der Waals surface area contributed by atoms with Crippen LogP contribution >= 0.6 is 35.0 Å². The van der Waals surface area contributed by atoms with Gasteiger partial charge in [-0.15, -0.1) is 10.2 Å². The molecule has 1 unspecified atom stereocenters. The Bertz CT molecular complexity index is 1360. The van der Waals surface area contributed by atoms with Crippen LogP contribution in [0.25, 0.3) is 5.69 Å². The third kappa shape index (κ3) is 5.64. The molecule has 6 nitrogen and oxygen atoms in total. The van der Waals surface area contributed by atoms with Crippen LogP contribution in [0.15, 0.2) is 71.9 Å². The lowest BCUT2D eigenvalue weighted by molar-refractivity contribution is 0.0935. The second-order valence-electron chi connectivity index (χ2n) is 7.88. The van der Waals surface area contributed by atoms with Crippen molar-refractivity contribution >= 4 is 40.9 Å². The second kappa shape index (κ2) is 11.2. The monoisotopic (exact) mass is 526 g/mol. The molecule has 0 fully saturated rings. The number of nitrogens with one attached hydrogen (secondary N) is 1. The van der Waals surface area contributed by atoms with Crippen LogP contribution in [-0.4, -0.2) is 27.8 Å². The van der Waals surface area contributed by atoms with Crippen molar-refractivity contribution in [3.63, 3.8) is 0 Å². The van der Waals surface area contributed by atoms with Gasteiger partial charge in [0, 0.05) is 10.8 Å². The number of benzene rings is 3. The Hall–Kier alpha value is -3.00. The van der Waals surface area contributed by atoms with Crippen molar-refractivity contribution in [3.8, 4) is 11.4 Å². The van der Waals surface area contributed by atoms with Crippen molar-refractivity contribution in [2.24, 2.45) is 0 Å². The smallest absolute Gasteiger partial charge is 0.255 e. The van der Waals surface area contributed by atoms with E-state index >= 15 is 0 Å². The standard InChI is InChI=1S/C26H24Cl2N4O2S/c1-16-8-4-5-9-18(16)15-35-26-31-30-24(32(26)22-13-12-19(27)14-21(22)28)17(2)29-25(33)20-10-6-7-11-23(20)34-3/h4-14,17H,15H2,1-3H3,(H,29,33). The number of amides is 1. The molecule has 4 aromatic rings. The van der Waals surface area contributed by atoms with E-state index in [9.17, 15) is 4.79 Å². The number of ether oxygens (including phenoxy) is 1. The van der Waals surface area contributed by atoms with Crippen LogP contribution in [0.1, 0.15) is 40.3 Å². The highest BCUT2D eigenvalue weighted by atomic mass is 35.5. The van der Waals surface area contributed by atoms with Crippen LogP contribution in [0.4, 0.5) is 0 Å². The molecule has 0 saturated heterocycles. The molecule has 1 aromatic heterocycles. The van der Waals surface area contributed by atoms with Gasteiger partial charge in [-0.25, -0.2) is 0 Å². The number of rotatable bonds is 8. The highest BCUT2D eigenvalue weighted by Crippen LogP contribution is 2.33. The number of aromatic nitrogens is 3. The number of methoxy groups -OCH3 is 1. The van der Waals surface area contributed by atoms with Gasteiger partial charge < -0.3 is 10.1 Å². The van der Waals surface area contributed by atoms with Crippen LogP contribution in [0.5, 0.6) is 5.75 Å². The lowest BCUT2D eigenvalue weighted by Gasteiger charge is -2.18. The molecule has 35 heavy (non-hydrogen) atoms. The molecule has 1 atom stereocenters. The average Bonchev–Trinajstić information content (AvgIpc) is 3.27. The summed E-state index contributed by atoms with van der Waals surface area (Å²) in [6.45, 7) is 3.94. The number of carbonyl (C=O) groups excluding carboxylic acids is 1. The van der Waals surface area contributed by atoms with Gasteiger partial charge in [-0.3, -0.25) is 9.36 Å². The van der Waals surface area contributed by atoms with Gasteiger partial charge in [0.1, 0.15) is 5.75 Å². The number of nitrogens with zero attached hydrogens (tertiary/aromatic N) is 3. The summed E-state index contributed by atoms with van der Waals surface area (Å²) in [5.74, 6) is 1.47. The lowest BCUT2D eigenvalue weighted by atomic mass is 10.1. The van der Waals surface area contributed by atoms with Gasteiger partial charge in [0.05, 0.1) is 29.4 Å². The predicted molar refractivity (Wildman–Crippen MR) is 141 cm³/mol. The van der Waals surface area contributed by atoms with Crippen LogP contribution < -0.4 is 10.1 Å². The fourth-order valence-electron chi connectivity index (χ4n) is 3.63. The molecule has 0 aliphatic heterocycles. The first-order chi connectivity index (χ1) is 16.9. The van der Waals surface area contributed by atoms with Crippen molar-refractivity contribution < 1.29 is 9.53 Å². The zero-order chi connectivity index (χ0) is 24.9. The topological polar surface area (TPSA) is 69.0 Å². The van der Waals surface area contributed by atoms with Crippen LogP contribution in [0.3, 0.4) is 0 Å². The third-order valence-corrected chi connectivity index (χ3v) is 7.03. The van der Waals surface area contributed by atoms with E-state index in [1.807, 2.05) is 35.8 Å². The van der Waals surface area contributed by atoms with E-state index in [2.05, 4.69) is 34.6 Å². The third-order valence-electron chi connectivity index (χ3n) is 5.51. The van der Waals surface area contributed by atoms with Gasteiger partial charge in [-0.05, 0) is 55.3 Å². The largest absolute Gasteiger partial charge is 0.496 e. The molecule has 0 aliphatic carbocycles. The number of hydrogen-bond donors (Lipinski definition) is 1. The Morgan fingerprint density at radius 1 is 1.09 bits per heavy atom. The summed E-state index contributed by atoms with van der Waals surface area (Å²) in [6, 6.07) is 20.1. The van der Waals surface area contributed by atoms with E-state index in [-0.39, 0.29) is 5.91 Å². The molecule has 0 radical (unpaired) electrons. The van der Waals surface area contributed by atoms with Crippen molar-refractivity contribution in [1.29, 1.82) is 0 Å². The van der Waals surface area contributed by atoms with Crippen molar-refractivity contribution in [3.05, 3.63) is 99.3 Å². The fourth-order valence-corrected chi connectivity index (χ4v) is 5.15. The van der Waals surface area contributed by atoms with Gasteiger partial charge in [0.2, 0.25) is 0 Å². The number of aryl methyl sites for hydroxylation is 1. The maximum atomic E-state index is 13.0. The molecule has 1 N–H and O–H groups in total. The summed E-state index contributed by atoms with van der Waals surface area (Å²) < 4.78 is 7.20. The summed E-state index contributed by atoms with van der Waals surface area (Å²) in [5, 5.41) is 13.5. The minimum atomic E-state index is -0.473. The normalized spacial score (nSPS) is 11.8. The van der Waals surface area contributed by atoms with Gasteiger partial charge >= 0.3 is 0 Å². The first-order valence-corrected chi connectivity index (χ1v) is 12.6. The molecule has 0 bridgehead atoms. The van der Waals surface area contributed by atoms with Gasteiger partial charge in [0.15, 0.2) is 11.0 Å². The highest BCUT2D eigenvalue weighted by molar-refractivity contribution is 7.98. The minimum absolute atomic E-state index is 0.277. The van der Waals surface area contributed by atoms with E-state index in [0.29, 0.717) is 43.8 Å². The molecule has 0 saturated carbocycles. The average molecular weight is 527 g/mol. The molecule has 0 spiro atoms. The maximum absolute atomic E-state index is 13.0. The van der Waals surface area contributed by atoms with E-state index in [0.717, 1.165) is 0 Å². The Kier molecular flexibility index (Phi) is 8.00. The zero-order valence-electron chi connectivity index (χ0n) is 19.5. The summed E-state index contributed by atoms with van der Waals surface area (Å²) in [6.07, 6.45) is 0. The predicted octanol–water partition coefficient (Wildman–Crippen LogP) is 6.67. The number of thioether (sulfide) groups is 1. The number of para-hydroxylation sites is 1. The van der Waals surface area contributed by atoms with Gasteiger partial charge in [0.25, 0.3) is 5.91 Å². The Morgan fingerprint density at radius 2 is 1.83 bits per heavy atom. The minimum Gasteiger partial charge on any atom is -0.496 e. The molecule has 180 valence electrons. The summed E-state index contributed by atoms with van der Waals surface area (Å²) in [4.78, 5) is 13.0. The quantitative estimate of drug-likeness (QED) is 0.259. The fraction of sp³-hybridized carbons (Fsp3) is 0.192. The lowest BCUT2D eigenvalue weighted by Crippen LogP contribution is -2.29.